The highest BCUT2D eigenvalue weighted by atomic mass is 35.5. The van der Waals surface area contributed by atoms with Crippen molar-refractivity contribution in [1.82, 2.24) is 10.2 Å². The molecular formula is C16H23ClN2. The van der Waals surface area contributed by atoms with Crippen LogP contribution in [0.4, 0.5) is 0 Å². The fourth-order valence-electron chi connectivity index (χ4n) is 2.46. The van der Waals surface area contributed by atoms with Gasteiger partial charge in [0.05, 0.1) is 0 Å². The highest BCUT2D eigenvalue weighted by Crippen LogP contribution is 2.15. The van der Waals surface area contributed by atoms with Gasteiger partial charge in [0.25, 0.3) is 0 Å². The fourth-order valence-corrected chi connectivity index (χ4v) is 2.59. The normalized spacial score (nSPS) is 17.6. The number of rotatable bonds is 5. The van der Waals surface area contributed by atoms with E-state index in [0.29, 0.717) is 6.04 Å². The SMILES string of the molecule is C=C(C)CNC1CCN(Cc2ccc(Cl)cc2)CC1. The average Bonchev–Trinajstić information content (AvgIpc) is 2.40. The number of hydrogen-bond acceptors (Lipinski definition) is 2. The summed E-state index contributed by atoms with van der Waals surface area (Å²) in [5, 5.41) is 4.38. The van der Waals surface area contributed by atoms with E-state index in [1.165, 1.54) is 24.0 Å². The van der Waals surface area contributed by atoms with Gasteiger partial charge in [-0.05, 0) is 50.6 Å². The van der Waals surface area contributed by atoms with Crippen molar-refractivity contribution >= 4 is 11.6 Å². The van der Waals surface area contributed by atoms with Gasteiger partial charge in [-0.15, -0.1) is 0 Å². The Morgan fingerprint density at radius 1 is 1.32 bits per heavy atom. The Labute approximate surface area is 121 Å². The molecule has 0 unspecified atom stereocenters. The summed E-state index contributed by atoms with van der Waals surface area (Å²) in [6.45, 7) is 10.3. The van der Waals surface area contributed by atoms with Crippen LogP contribution in [-0.2, 0) is 6.54 Å². The average molecular weight is 279 g/mol. The molecule has 3 heteroatoms. The molecule has 1 fully saturated rings. The second-order valence-electron chi connectivity index (χ2n) is 5.51. The molecule has 1 heterocycles. The van der Waals surface area contributed by atoms with E-state index in [1.54, 1.807) is 0 Å². The molecule has 0 aromatic heterocycles. The zero-order valence-electron chi connectivity index (χ0n) is 11.7. The third-order valence-corrected chi connectivity index (χ3v) is 3.85. The molecule has 0 atom stereocenters. The van der Waals surface area contributed by atoms with Gasteiger partial charge in [-0.3, -0.25) is 4.90 Å². The largest absolute Gasteiger partial charge is 0.310 e. The van der Waals surface area contributed by atoms with Gasteiger partial charge < -0.3 is 5.32 Å². The molecule has 0 saturated carbocycles. The van der Waals surface area contributed by atoms with Crippen molar-refractivity contribution in [3.63, 3.8) is 0 Å². The van der Waals surface area contributed by atoms with Crippen molar-refractivity contribution in [2.24, 2.45) is 0 Å². The molecule has 1 saturated heterocycles. The summed E-state index contributed by atoms with van der Waals surface area (Å²) in [6.07, 6.45) is 2.45. The molecule has 1 N–H and O–H groups in total. The lowest BCUT2D eigenvalue weighted by Crippen LogP contribution is -2.42. The van der Waals surface area contributed by atoms with E-state index >= 15 is 0 Å². The molecule has 2 rings (SSSR count). The molecule has 0 bridgehead atoms. The van der Waals surface area contributed by atoms with Crippen LogP contribution in [0.2, 0.25) is 5.02 Å². The van der Waals surface area contributed by atoms with Crippen molar-refractivity contribution in [1.29, 1.82) is 0 Å². The standard InChI is InChI=1S/C16H23ClN2/c1-13(2)11-18-16-7-9-19(10-8-16)12-14-3-5-15(17)6-4-14/h3-6,16,18H,1,7-12H2,2H3. The maximum absolute atomic E-state index is 5.90. The Kier molecular flexibility index (Phi) is 5.44. The number of benzene rings is 1. The Morgan fingerprint density at radius 2 is 1.95 bits per heavy atom. The fraction of sp³-hybridized carbons (Fsp3) is 0.500. The molecule has 0 aliphatic carbocycles. The minimum atomic E-state index is 0.651. The number of halogens is 1. The van der Waals surface area contributed by atoms with Gasteiger partial charge in [0.15, 0.2) is 0 Å². The predicted octanol–water partition coefficient (Wildman–Crippen LogP) is 3.47. The van der Waals surface area contributed by atoms with Gasteiger partial charge in [0, 0.05) is 24.2 Å². The van der Waals surface area contributed by atoms with Gasteiger partial charge >= 0.3 is 0 Å². The second-order valence-corrected chi connectivity index (χ2v) is 5.95. The monoisotopic (exact) mass is 278 g/mol. The molecule has 19 heavy (non-hydrogen) atoms. The molecule has 1 aromatic rings. The van der Waals surface area contributed by atoms with Crippen LogP contribution < -0.4 is 5.32 Å². The third kappa shape index (κ3) is 4.98. The van der Waals surface area contributed by atoms with E-state index in [1.807, 2.05) is 12.1 Å². The molecule has 1 aromatic carbocycles. The van der Waals surface area contributed by atoms with Gasteiger partial charge in [0.1, 0.15) is 0 Å². The quantitative estimate of drug-likeness (QED) is 0.830. The Morgan fingerprint density at radius 3 is 2.53 bits per heavy atom. The van der Waals surface area contributed by atoms with Crippen LogP contribution in [0.15, 0.2) is 36.4 Å². The van der Waals surface area contributed by atoms with E-state index in [0.717, 1.165) is 31.2 Å². The summed E-state index contributed by atoms with van der Waals surface area (Å²) in [7, 11) is 0. The van der Waals surface area contributed by atoms with Crippen molar-refractivity contribution in [3.8, 4) is 0 Å². The highest BCUT2D eigenvalue weighted by Gasteiger charge is 2.18. The summed E-state index contributed by atoms with van der Waals surface area (Å²) in [5.41, 5.74) is 2.56. The van der Waals surface area contributed by atoms with E-state index in [4.69, 9.17) is 11.6 Å². The van der Waals surface area contributed by atoms with E-state index in [-0.39, 0.29) is 0 Å². The zero-order valence-corrected chi connectivity index (χ0v) is 12.4. The number of likely N-dealkylation sites (tertiary alicyclic amines) is 1. The summed E-state index contributed by atoms with van der Waals surface area (Å²) in [4.78, 5) is 2.52. The van der Waals surface area contributed by atoms with Crippen LogP contribution in [0.3, 0.4) is 0 Å². The summed E-state index contributed by atoms with van der Waals surface area (Å²) in [5.74, 6) is 0. The first-order valence-corrected chi connectivity index (χ1v) is 7.36. The lowest BCUT2D eigenvalue weighted by atomic mass is 10.0. The van der Waals surface area contributed by atoms with Gasteiger partial charge in [0.2, 0.25) is 0 Å². The molecule has 2 nitrogen and oxygen atoms in total. The molecular weight excluding hydrogens is 256 g/mol. The van der Waals surface area contributed by atoms with Crippen LogP contribution in [0.1, 0.15) is 25.3 Å². The number of nitrogens with zero attached hydrogens (tertiary/aromatic N) is 1. The molecule has 1 aliphatic heterocycles. The maximum Gasteiger partial charge on any atom is 0.0406 e. The van der Waals surface area contributed by atoms with Crippen molar-refractivity contribution < 1.29 is 0 Å². The summed E-state index contributed by atoms with van der Waals surface area (Å²) >= 11 is 5.90. The van der Waals surface area contributed by atoms with Crippen molar-refractivity contribution in [3.05, 3.63) is 47.0 Å². The minimum Gasteiger partial charge on any atom is -0.310 e. The van der Waals surface area contributed by atoms with Gasteiger partial charge in [-0.2, -0.15) is 0 Å². The minimum absolute atomic E-state index is 0.651. The Bertz CT molecular complexity index is 405. The van der Waals surface area contributed by atoms with Gasteiger partial charge in [-0.25, -0.2) is 0 Å². The van der Waals surface area contributed by atoms with Gasteiger partial charge in [-0.1, -0.05) is 35.9 Å². The first-order chi connectivity index (χ1) is 9.13. The van der Waals surface area contributed by atoms with Crippen LogP contribution in [0.5, 0.6) is 0 Å². The van der Waals surface area contributed by atoms with E-state index in [2.05, 4.69) is 35.9 Å². The number of piperidine rings is 1. The zero-order chi connectivity index (χ0) is 13.7. The second kappa shape index (κ2) is 7.09. The first kappa shape index (κ1) is 14.6. The van der Waals surface area contributed by atoms with E-state index in [9.17, 15) is 0 Å². The third-order valence-electron chi connectivity index (χ3n) is 3.60. The van der Waals surface area contributed by atoms with E-state index < -0.39 is 0 Å². The maximum atomic E-state index is 5.90. The highest BCUT2D eigenvalue weighted by molar-refractivity contribution is 6.30. The Balaban J connectivity index is 1.74. The van der Waals surface area contributed by atoms with Crippen LogP contribution in [0, 0.1) is 0 Å². The number of hydrogen-bond donors (Lipinski definition) is 1. The van der Waals surface area contributed by atoms with Crippen LogP contribution >= 0.6 is 11.6 Å². The summed E-state index contributed by atoms with van der Waals surface area (Å²) in [6, 6.07) is 8.83. The number of nitrogens with one attached hydrogen (secondary N) is 1. The Hall–Kier alpha value is -0.830. The van der Waals surface area contributed by atoms with Crippen LogP contribution in [0.25, 0.3) is 0 Å². The van der Waals surface area contributed by atoms with Crippen LogP contribution in [-0.4, -0.2) is 30.6 Å². The molecule has 1 aliphatic rings. The molecule has 0 radical (unpaired) electrons. The molecule has 0 spiro atoms. The van der Waals surface area contributed by atoms with Crippen molar-refractivity contribution in [2.75, 3.05) is 19.6 Å². The summed E-state index contributed by atoms with van der Waals surface area (Å²) < 4.78 is 0. The topological polar surface area (TPSA) is 15.3 Å². The lowest BCUT2D eigenvalue weighted by Gasteiger charge is -2.32. The van der Waals surface area contributed by atoms with Crippen molar-refractivity contribution in [2.45, 2.75) is 32.4 Å². The molecule has 104 valence electrons. The lowest BCUT2D eigenvalue weighted by molar-refractivity contribution is 0.192. The first-order valence-electron chi connectivity index (χ1n) is 6.98. The smallest absolute Gasteiger partial charge is 0.0406 e. The predicted molar refractivity (Wildman–Crippen MR) is 82.6 cm³/mol. The molecule has 0 amide bonds.